The molecular formula is C34H37IrN2O2S-. The van der Waals surface area contributed by atoms with Crippen LogP contribution in [0.25, 0.3) is 42.3 Å². The van der Waals surface area contributed by atoms with Crippen molar-refractivity contribution in [3.05, 3.63) is 84.4 Å². The Morgan fingerprint density at radius 3 is 2.23 bits per heavy atom. The van der Waals surface area contributed by atoms with Gasteiger partial charge in [0.05, 0.1) is 0 Å². The van der Waals surface area contributed by atoms with Crippen molar-refractivity contribution >= 4 is 48.2 Å². The fraction of sp³-hybridized carbons (Fsp3) is 0.324. The molecule has 0 amide bonds. The number of aromatic nitrogens is 2. The zero-order valence-electron chi connectivity index (χ0n) is 24.4. The number of ketones is 1. The molecule has 6 heteroatoms. The van der Waals surface area contributed by atoms with Crippen molar-refractivity contribution in [2.75, 3.05) is 0 Å². The van der Waals surface area contributed by atoms with Gasteiger partial charge in [-0.05, 0) is 16.8 Å². The van der Waals surface area contributed by atoms with Gasteiger partial charge in [-0.1, -0.05) is 91.6 Å². The molecule has 211 valence electrons. The van der Waals surface area contributed by atoms with E-state index in [1.807, 2.05) is 41.5 Å². The van der Waals surface area contributed by atoms with E-state index in [4.69, 9.17) is 0 Å². The van der Waals surface area contributed by atoms with Gasteiger partial charge in [0.2, 0.25) is 0 Å². The topological polar surface area (TPSA) is 63.1 Å². The molecule has 1 N–H and O–H groups in total. The average molecular weight is 730 g/mol. The van der Waals surface area contributed by atoms with E-state index in [2.05, 4.69) is 84.5 Å². The summed E-state index contributed by atoms with van der Waals surface area (Å²) in [5, 5.41) is 14.4. The number of aliphatic hydroxyl groups excluding tert-OH is 1. The largest absolute Gasteiger partial charge is 0.512 e. The van der Waals surface area contributed by atoms with Crippen LogP contribution in [0.3, 0.4) is 0 Å². The molecule has 0 atom stereocenters. The summed E-state index contributed by atoms with van der Waals surface area (Å²) in [6, 6.07) is 22.7. The van der Waals surface area contributed by atoms with Gasteiger partial charge in [0, 0.05) is 58.2 Å². The van der Waals surface area contributed by atoms with Crippen molar-refractivity contribution in [1.29, 1.82) is 0 Å². The third-order valence-corrected chi connectivity index (χ3v) is 7.76. The van der Waals surface area contributed by atoms with E-state index in [1.54, 1.807) is 17.7 Å². The number of carbonyl (C=O) groups is 1. The van der Waals surface area contributed by atoms with E-state index in [0.29, 0.717) is 5.92 Å². The summed E-state index contributed by atoms with van der Waals surface area (Å²) in [6.45, 7) is 15.5. The predicted octanol–water partition coefficient (Wildman–Crippen LogP) is 9.68. The van der Waals surface area contributed by atoms with E-state index in [9.17, 15) is 9.90 Å². The van der Waals surface area contributed by atoms with Crippen molar-refractivity contribution in [2.45, 2.75) is 61.3 Å². The number of rotatable bonds is 3. The Morgan fingerprint density at radius 2 is 1.62 bits per heavy atom. The van der Waals surface area contributed by atoms with Gasteiger partial charge in [-0.3, -0.25) is 9.78 Å². The van der Waals surface area contributed by atoms with Gasteiger partial charge < -0.3 is 5.11 Å². The van der Waals surface area contributed by atoms with Gasteiger partial charge in [0.15, 0.2) is 5.78 Å². The monoisotopic (exact) mass is 730 g/mol. The van der Waals surface area contributed by atoms with Crippen LogP contribution >= 0.6 is 11.3 Å². The van der Waals surface area contributed by atoms with Crippen LogP contribution in [0.4, 0.5) is 0 Å². The van der Waals surface area contributed by atoms with Gasteiger partial charge in [0.25, 0.3) is 0 Å². The molecule has 0 unspecified atom stereocenters. The van der Waals surface area contributed by atoms with Crippen LogP contribution in [-0.4, -0.2) is 20.9 Å². The van der Waals surface area contributed by atoms with E-state index >= 15 is 0 Å². The third-order valence-electron chi connectivity index (χ3n) is 6.69. The van der Waals surface area contributed by atoms with Crippen LogP contribution in [0.15, 0.2) is 72.8 Å². The number of carbonyl (C=O) groups excluding carboxylic acids is 1. The molecule has 40 heavy (non-hydrogen) atoms. The maximum atomic E-state index is 11.5. The van der Waals surface area contributed by atoms with Crippen LogP contribution in [-0.2, 0) is 24.9 Å². The Kier molecular flexibility index (Phi) is 9.72. The number of hydrogen-bond acceptors (Lipinski definition) is 5. The molecule has 5 rings (SSSR count). The Morgan fingerprint density at radius 1 is 0.925 bits per heavy atom. The SMILES string of the molecule is CC(C)(C)C(=O)/C=C(\O)C(C)(C)C.CC(C)c1c[c-]c(-c2ncnc3sc4ccc5ccccc5c4c23)cc1.[Ir]. The molecule has 0 saturated heterocycles. The van der Waals surface area contributed by atoms with Gasteiger partial charge >= 0.3 is 0 Å². The minimum absolute atomic E-state index is 0. The molecule has 1 radical (unpaired) electrons. The summed E-state index contributed by atoms with van der Waals surface area (Å²) in [4.78, 5) is 21.7. The summed E-state index contributed by atoms with van der Waals surface area (Å²) >= 11 is 1.73. The Balaban J connectivity index is 0.000000272. The number of nitrogens with zero attached hydrogens (tertiary/aromatic N) is 2. The fourth-order valence-corrected chi connectivity index (χ4v) is 5.13. The molecule has 2 heterocycles. The quantitative estimate of drug-likeness (QED) is 0.114. The van der Waals surface area contributed by atoms with E-state index in [-0.39, 0.29) is 37.1 Å². The van der Waals surface area contributed by atoms with E-state index < -0.39 is 5.41 Å². The van der Waals surface area contributed by atoms with Gasteiger partial charge in [-0.25, -0.2) is 4.98 Å². The van der Waals surface area contributed by atoms with Gasteiger partial charge in [-0.15, -0.1) is 46.7 Å². The van der Waals surface area contributed by atoms with Crippen molar-refractivity contribution in [3.63, 3.8) is 0 Å². The predicted molar refractivity (Wildman–Crippen MR) is 165 cm³/mol. The standard InChI is InChI=1S/C23H17N2S.C11H20O2.Ir/c1-14(2)15-7-9-17(10-8-15)22-21-20-18-6-4-3-5-16(18)11-12-19(20)26-23(21)25-13-24-22;1-10(2,3)8(12)7-9(13)11(4,5)6;/h3-9,11-14H,1-2H3;7,12H,1-6H3;/q-1;;/b;8-7-;. The molecule has 0 saturated carbocycles. The zero-order valence-corrected chi connectivity index (χ0v) is 27.6. The summed E-state index contributed by atoms with van der Waals surface area (Å²) in [5.74, 6) is 0.601. The number of hydrogen-bond donors (Lipinski definition) is 1. The first-order valence-corrected chi connectivity index (χ1v) is 14.1. The number of aliphatic hydroxyl groups is 1. The number of fused-ring (bicyclic) bond motifs is 5. The van der Waals surface area contributed by atoms with E-state index in [1.165, 1.54) is 32.5 Å². The van der Waals surface area contributed by atoms with Gasteiger partial charge in [0.1, 0.15) is 16.9 Å². The molecule has 0 aliphatic heterocycles. The second kappa shape index (κ2) is 12.3. The Labute approximate surface area is 254 Å². The van der Waals surface area contributed by atoms with Crippen molar-refractivity contribution in [3.8, 4) is 11.3 Å². The Hall–Kier alpha value is -2.92. The fourth-order valence-electron chi connectivity index (χ4n) is 4.08. The molecule has 0 aliphatic carbocycles. The molecule has 0 aliphatic rings. The van der Waals surface area contributed by atoms with Crippen LogP contribution in [0.2, 0.25) is 0 Å². The number of allylic oxidation sites excluding steroid dienone is 2. The van der Waals surface area contributed by atoms with Crippen molar-refractivity contribution < 1.29 is 30.0 Å². The van der Waals surface area contributed by atoms with Crippen LogP contribution in [0.1, 0.15) is 66.9 Å². The molecule has 4 nitrogen and oxygen atoms in total. The summed E-state index contributed by atoms with van der Waals surface area (Å²) in [6.07, 6.45) is 3.00. The first-order chi connectivity index (χ1) is 18.3. The van der Waals surface area contributed by atoms with Crippen LogP contribution < -0.4 is 0 Å². The van der Waals surface area contributed by atoms with E-state index in [0.717, 1.165) is 21.5 Å². The summed E-state index contributed by atoms with van der Waals surface area (Å²) in [5.41, 5.74) is 2.52. The molecule has 3 aromatic carbocycles. The maximum absolute atomic E-state index is 11.5. The maximum Gasteiger partial charge on any atom is 0.164 e. The average Bonchev–Trinajstić information content (AvgIpc) is 3.27. The molecule has 0 fully saturated rings. The summed E-state index contributed by atoms with van der Waals surface area (Å²) < 4.78 is 1.25. The summed E-state index contributed by atoms with van der Waals surface area (Å²) in [7, 11) is 0. The van der Waals surface area contributed by atoms with Crippen molar-refractivity contribution in [1.82, 2.24) is 9.97 Å². The first kappa shape index (κ1) is 31.6. The van der Waals surface area contributed by atoms with Crippen LogP contribution in [0, 0.1) is 16.9 Å². The smallest absolute Gasteiger partial charge is 0.164 e. The minimum Gasteiger partial charge on any atom is -0.512 e. The second-order valence-corrected chi connectivity index (χ2v) is 13.3. The molecular weight excluding hydrogens is 693 g/mol. The number of thiophene rings is 1. The van der Waals surface area contributed by atoms with Crippen molar-refractivity contribution in [2.24, 2.45) is 10.8 Å². The number of benzene rings is 3. The van der Waals surface area contributed by atoms with Gasteiger partial charge in [-0.2, -0.15) is 0 Å². The second-order valence-electron chi connectivity index (χ2n) is 12.2. The normalized spacial score (nSPS) is 12.4. The van der Waals surface area contributed by atoms with Crippen LogP contribution in [0.5, 0.6) is 0 Å². The molecule has 2 aromatic heterocycles. The molecule has 0 bridgehead atoms. The third kappa shape index (κ3) is 6.86. The molecule has 5 aromatic rings. The molecule has 0 spiro atoms. The Bertz CT molecular complexity index is 1670. The first-order valence-electron chi connectivity index (χ1n) is 13.3. The zero-order chi connectivity index (χ0) is 28.5. The minimum atomic E-state index is -0.417.